The summed E-state index contributed by atoms with van der Waals surface area (Å²) in [6.07, 6.45) is -0.571. The molecular formula is C15H12BrNO4. The molecule has 0 aliphatic carbocycles. The fourth-order valence-corrected chi connectivity index (χ4v) is 2.31. The highest BCUT2D eigenvalue weighted by molar-refractivity contribution is 9.10. The van der Waals surface area contributed by atoms with Crippen molar-refractivity contribution in [2.45, 2.75) is 0 Å². The van der Waals surface area contributed by atoms with Gasteiger partial charge >= 0.3 is 6.09 Å². The first kappa shape index (κ1) is 13.8. The van der Waals surface area contributed by atoms with Crippen LogP contribution in [0.3, 0.4) is 0 Å². The Kier molecular flexibility index (Phi) is 3.96. The van der Waals surface area contributed by atoms with Crippen LogP contribution in [0.1, 0.15) is 0 Å². The summed E-state index contributed by atoms with van der Waals surface area (Å²) in [5, 5.41) is 2.67. The first-order valence-corrected chi connectivity index (χ1v) is 7.15. The second-order valence-corrected chi connectivity index (χ2v) is 5.16. The lowest BCUT2D eigenvalue weighted by atomic mass is 10.2. The van der Waals surface area contributed by atoms with Gasteiger partial charge < -0.3 is 14.2 Å². The number of ether oxygens (including phenoxy) is 3. The second kappa shape index (κ2) is 6.05. The van der Waals surface area contributed by atoms with Gasteiger partial charge in [0.25, 0.3) is 0 Å². The number of anilines is 1. The van der Waals surface area contributed by atoms with E-state index in [1.807, 2.05) is 6.07 Å². The fraction of sp³-hybridized carbons (Fsp3) is 0.133. The Hall–Kier alpha value is -2.21. The maximum atomic E-state index is 11.9. The summed E-state index contributed by atoms with van der Waals surface area (Å²) in [4.78, 5) is 11.9. The Morgan fingerprint density at radius 1 is 1.10 bits per heavy atom. The lowest BCUT2D eigenvalue weighted by Crippen LogP contribution is -2.18. The topological polar surface area (TPSA) is 56.8 Å². The molecule has 1 heterocycles. The van der Waals surface area contributed by atoms with E-state index in [0.717, 1.165) is 0 Å². The van der Waals surface area contributed by atoms with E-state index in [0.29, 0.717) is 40.6 Å². The highest BCUT2D eigenvalue weighted by Crippen LogP contribution is 2.38. The second-order valence-electron chi connectivity index (χ2n) is 4.30. The van der Waals surface area contributed by atoms with Gasteiger partial charge in [-0.15, -0.1) is 0 Å². The predicted octanol–water partition coefficient (Wildman–Crippen LogP) is 3.83. The third-order valence-electron chi connectivity index (χ3n) is 2.82. The number of carbonyl (C=O) groups excluding carboxylic acids is 1. The third-order valence-corrected chi connectivity index (χ3v) is 3.48. The number of amides is 1. The van der Waals surface area contributed by atoms with Crippen molar-refractivity contribution in [3.05, 3.63) is 46.9 Å². The minimum absolute atomic E-state index is 0.476. The fourth-order valence-electron chi connectivity index (χ4n) is 1.89. The highest BCUT2D eigenvalue weighted by atomic mass is 79.9. The molecule has 1 amide bonds. The number of hydrogen-bond donors (Lipinski definition) is 1. The SMILES string of the molecule is O=C(Nc1cc2c(cc1Br)OCCO2)Oc1ccccc1. The van der Waals surface area contributed by atoms with E-state index in [4.69, 9.17) is 14.2 Å². The van der Waals surface area contributed by atoms with Crippen molar-refractivity contribution in [3.8, 4) is 17.2 Å². The molecule has 0 fully saturated rings. The monoisotopic (exact) mass is 349 g/mol. The highest BCUT2D eigenvalue weighted by Gasteiger charge is 2.16. The molecule has 3 rings (SSSR count). The lowest BCUT2D eigenvalue weighted by molar-refractivity contribution is 0.171. The molecule has 2 aromatic rings. The van der Waals surface area contributed by atoms with Crippen molar-refractivity contribution < 1.29 is 19.0 Å². The Morgan fingerprint density at radius 3 is 2.48 bits per heavy atom. The van der Waals surface area contributed by atoms with E-state index in [9.17, 15) is 4.79 Å². The zero-order chi connectivity index (χ0) is 14.7. The molecule has 2 aromatic carbocycles. The van der Waals surface area contributed by atoms with E-state index in [2.05, 4.69) is 21.2 Å². The molecule has 6 heteroatoms. The van der Waals surface area contributed by atoms with Crippen molar-refractivity contribution >= 4 is 27.7 Å². The van der Waals surface area contributed by atoms with Crippen LogP contribution in [0.25, 0.3) is 0 Å². The van der Waals surface area contributed by atoms with E-state index < -0.39 is 6.09 Å². The predicted molar refractivity (Wildman–Crippen MR) is 81.2 cm³/mol. The van der Waals surface area contributed by atoms with Crippen LogP contribution >= 0.6 is 15.9 Å². The van der Waals surface area contributed by atoms with Crippen LogP contribution < -0.4 is 19.5 Å². The van der Waals surface area contributed by atoms with Crippen LogP contribution in [0.15, 0.2) is 46.9 Å². The zero-order valence-electron chi connectivity index (χ0n) is 11.0. The molecule has 108 valence electrons. The molecule has 1 aliphatic rings. The molecule has 0 saturated carbocycles. The third kappa shape index (κ3) is 3.28. The van der Waals surface area contributed by atoms with Gasteiger partial charge in [0.15, 0.2) is 11.5 Å². The molecule has 1 N–H and O–H groups in total. The molecule has 5 nitrogen and oxygen atoms in total. The molecule has 0 bridgehead atoms. The molecule has 0 unspecified atom stereocenters. The van der Waals surface area contributed by atoms with Crippen LogP contribution in [0, 0.1) is 0 Å². The van der Waals surface area contributed by atoms with Gasteiger partial charge in [0, 0.05) is 16.6 Å². The maximum absolute atomic E-state index is 11.9. The van der Waals surface area contributed by atoms with Gasteiger partial charge in [0.2, 0.25) is 0 Å². The number of hydrogen-bond acceptors (Lipinski definition) is 4. The van der Waals surface area contributed by atoms with Crippen LogP contribution in [-0.4, -0.2) is 19.3 Å². The largest absolute Gasteiger partial charge is 0.486 e. The van der Waals surface area contributed by atoms with Gasteiger partial charge in [0.05, 0.1) is 5.69 Å². The molecule has 0 aromatic heterocycles. The van der Waals surface area contributed by atoms with Crippen LogP contribution in [0.2, 0.25) is 0 Å². The van der Waals surface area contributed by atoms with Crippen LogP contribution in [0.4, 0.5) is 10.5 Å². The minimum Gasteiger partial charge on any atom is -0.486 e. The first-order valence-electron chi connectivity index (χ1n) is 6.35. The van der Waals surface area contributed by atoms with Gasteiger partial charge in [0.1, 0.15) is 19.0 Å². The summed E-state index contributed by atoms with van der Waals surface area (Å²) in [5.41, 5.74) is 0.556. The number of rotatable bonds is 2. The van der Waals surface area contributed by atoms with Crippen molar-refractivity contribution in [2.75, 3.05) is 18.5 Å². The molecule has 1 aliphatic heterocycles. The quantitative estimate of drug-likeness (QED) is 0.894. The average Bonchev–Trinajstić information content (AvgIpc) is 2.49. The lowest BCUT2D eigenvalue weighted by Gasteiger charge is -2.20. The number of fused-ring (bicyclic) bond motifs is 1. The Morgan fingerprint density at radius 2 is 1.76 bits per heavy atom. The molecule has 0 radical (unpaired) electrons. The van der Waals surface area contributed by atoms with Gasteiger partial charge in [-0.2, -0.15) is 0 Å². The normalized spacial score (nSPS) is 12.6. The summed E-state index contributed by atoms with van der Waals surface area (Å²) in [6, 6.07) is 12.3. The van der Waals surface area contributed by atoms with Crippen LogP contribution in [-0.2, 0) is 0 Å². The molecule has 0 atom stereocenters. The molecule has 0 saturated heterocycles. The average molecular weight is 350 g/mol. The number of carbonyl (C=O) groups is 1. The first-order chi connectivity index (χ1) is 10.2. The Bertz CT molecular complexity index is 660. The number of benzene rings is 2. The molecule has 21 heavy (non-hydrogen) atoms. The smallest absolute Gasteiger partial charge is 0.417 e. The number of para-hydroxylation sites is 1. The number of halogens is 1. The zero-order valence-corrected chi connectivity index (χ0v) is 12.6. The van der Waals surface area contributed by atoms with Gasteiger partial charge in [-0.3, -0.25) is 5.32 Å². The maximum Gasteiger partial charge on any atom is 0.417 e. The number of nitrogens with one attached hydrogen (secondary N) is 1. The van der Waals surface area contributed by atoms with Crippen molar-refractivity contribution in [1.29, 1.82) is 0 Å². The summed E-state index contributed by atoms with van der Waals surface area (Å²) in [7, 11) is 0. The van der Waals surface area contributed by atoms with Crippen molar-refractivity contribution in [2.24, 2.45) is 0 Å². The van der Waals surface area contributed by atoms with E-state index in [1.54, 1.807) is 36.4 Å². The van der Waals surface area contributed by atoms with Gasteiger partial charge in [-0.1, -0.05) is 18.2 Å². The van der Waals surface area contributed by atoms with Crippen molar-refractivity contribution in [3.63, 3.8) is 0 Å². The van der Waals surface area contributed by atoms with Crippen LogP contribution in [0.5, 0.6) is 17.2 Å². The van der Waals surface area contributed by atoms with Crippen molar-refractivity contribution in [1.82, 2.24) is 0 Å². The van der Waals surface area contributed by atoms with E-state index >= 15 is 0 Å². The summed E-state index contributed by atoms with van der Waals surface area (Å²) < 4.78 is 16.8. The van der Waals surface area contributed by atoms with Gasteiger partial charge in [-0.05, 0) is 28.1 Å². The summed E-state index contributed by atoms with van der Waals surface area (Å²) in [5.74, 6) is 1.72. The summed E-state index contributed by atoms with van der Waals surface area (Å²) in [6.45, 7) is 1.00. The summed E-state index contributed by atoms with van der Waals surface area (Å²) >= 11 is 3.38. The Labute approximate surface area is 129 Å². The van der Waals surface area contributed by atoms with E-state index in [1.165, 1.54) is 0 Å². The Balaban J connectivity index is 1.74. The molecule has 0 spiro atoms. The standard InChI is InChI=1S/C15H12BrNO4/c16-11-8-13-14(20-7-6-19-13)9-12(11)17-15(18)21-10-4-2-1-3-5-10/h1-5,8-9H,6-7H2,(H,17,18). The minimum atomic E-state index is -0.571. The molecular weight excluding hydrogens is 338 g/mol. The van der Waals surface area contributed by atoms with Gasteiger partial charge in [-0.25, -0.2) is 4.79 Å². The van der Waals surface area contributed by atoms with E-state index in [-0.39, 0.29) is 0 Å².